The molecular weight excluding hydrogens is 638 g/mol. The van der Waals surface area contributed by atoms with E-state index in [1.807, 2.05) is 87.5 Å². The lowest BCUT2D eigenvalue weighted by Crippen LogP contribution is -2.58. The van der Waals surface area contributed by atoms with E-state index in [1.165, 1.54) is 7.11 Å². The van der Waals surface area contributed by atoms with Gasteiger partial charge in [0.05, 0.1) is 19.3 Å². The van der Waals surface area contributed by atoms with Crippen molar-refractivity contribution in [2.45, 2.75) is 91.1 Å². The van der Waals surface area contributed by atoms with Gasteiger partial charge in [-0.15, -0.1) is 0 Å². The molecule has 3 rings (SSSR count). The molecule has 0 spiro atoms. The number of rotatable bonds is 14. The van der Waals surface area contributed by atoms with Gasteiger partial charge in [0.25, 0.3) is 0 Å². The number of hydrogen-bond donors (Lipinski definition) is 6. The summed E-state index contributed by atoms with van der Waals surface area (Å²) in [5.74, 6) is -1.05. The van der Waals surface area contributed by atoms with Gasteiger partial charge in [0.2, 0.25) is 11.8 Å². The highest BCUT2D eigenvalue weighted by atomic mass is 16.5. The van der Waals surface area contributed by atoms with Gasteiger partial charge in [0, 0.05) is 18.4 Å². The molecule has 0 radical (unpaired) electrons. The minimum absolute atomic E-state index is 0.0288. The largest absolute Gasteiger partial charge is 0.465 e. The molecular formula is C38H51N5O7. The Morgan fingerprint density at radius 2 is 1.30 bits per heavy atom. The average Bonchev–Trinajstić information content (AvgIpc) is 3.05. The smallest absolute Gasteiger partial charge is 0.407 e. The van der Waals surface area contributed by atoms with E-state index in [-0.39, 0.29) is 12.8 Å². The molecule has 6 N–H and O–H groups in total. The Kier molecular flexibility index (Phi) is 13.9. The molecule has 1 heterocycles. The van der Waals surface area contributed by atoms with Crippen LogP contribution in [0.1, 0.15) is 59.1 Å². The Labute approximate surface area is 294 Å². The molecule has 1 aromatic heterocycles. The summed E-state index contributed by atoms with van der Waals surface area (Å²) in [7, 11) is 1.22. The van der Waals surface area contributed by atoms with E-state index in [4.69, 9.17) is 4.74 Å². The lowest BCUT2D eigenvalue weighted by atomic mass is 9.85. The molecule has 5 atom stereocenters. The third-order valence-electron chi connectivity index (χ3n) is 8.37. The number of aliphatic hydroxyl groups is 1. The zero-order chi connectivity index (χ0) is 37.1. The van der Waals surface area contributed by atoms with Crippen LogP contribution in [0.5, 0.6) is 0 Å². The van der Waals surface area contributed by atoms with Crippen molar-refractivity contribution in [3.05, 3.63) is 90.3 Å². The SMILES string of the molecule is COC(=O)N[C@H](C(=O)N[C@@H](Cc1ccccc1)C[C@H](O)[C@H](Cc1ccc(-c2cccnc2)cc1)NC(=O)[C@@H](NC(=O)O)C(C)(C)C)C(C)(C)C. The first-order valence-corrected chi connectivity index (χ1v) is 16.6. The lowest BCUT2D eigenvalue weighted by Gasteiger charge is -2.34. The molecule has 4 amide bonds. The van der Waals surface area contributed by atoms with Gasteiger partial charge in [0.1, 0.15) is 12.1 Å². The molecule has 0 fully saturated rings. The van der Waals surface area contributed by atoms with Gasteiger partial charge < -0.3 is 36.2 Å². The Hall–Kier alpha value is -4.97. The van der Waals surface area contributed by atoms with Crippen LogP contribution in [0.2, 0.25) is 0 Å². The van der Waals surface area contributed by atoms with E-state index >= 15 is 0 Å². The van der Waals surface area contributed by atoms with Crippen LogP contribution in [0, 0.1) is 10.8 Å². The number of alkyl carbamates (subject to hydrolysis) is 1. The third kappa shape index (κ3) is 12.2. The van der Waals surface area contributed by atoms with Crippen LogP contribution in [0.25, 0.3) is 11.1 Å². The van der Waals surface area contributed by atoms with Crippen LogP contribution in [0.3, 0.4) is 0 Å². The molecule has 12 nitrogen and oxygen atoms in total. The van der Waals surface area contributed by atoms with E-state index in [0.717, 1.165) is 22.3 Å². The summed E-state index contributed by atoms with van der Waals surface area (Å²) in [6.07, 6.45) is 0.774. The zero-order valence-electron chi connectivity index (χ0n) is 29.9. The maximum atomic E-state index is 13.7. The van der Waals surface area contributed by atoms with Crippen LogP contribution >= 0.6 is 0 Å². The second kappa shape index (κ2) is 17.6. The number of methoxy groups -OCH3 is 1. The summed E-state index contributed by atoms with van der Waals surface area (Å²) in [6, 6.07) is 17.4. The van der Waals surface area contributed by atoms with Crippen molar-refractivity contribution in [2.75, 3.05) is 7.11 Å². The zero-order valence-corrected chi connectivity index (χ0v) is 29.9. The number of aliphatic hydroxyl groups excluding tert-OH is 1. The van der Waals surface area contributed by atoms with Gasteiger partial charge in [-0.3, -0.25) is 14.6 Å². The Morgan fingerprint density at radius 3 is 1.84 bits per heavy atom. The third-order valence-corrected chi connectivity index (χ3v) is 8.37. The van der Waals surface area contributed by atoms with Crippen molar-refractivity contribution in [1.29, 1.82) is 0 Å². The molecule has 0 unspecified atom stereocenters. The summed E-state index contributed by atoms with van der Waals surface area (Å²) in [5.41, 5.74) is 2.16. The highest BCUT2D eigenvalue weighted by Crippen LogP contribution is 2.24. The van der Waals surface area contributed by atoms with Crippen molar-refractivity contribution in [3.8, 4) is 11.1 Å². The first-order valence-electron chi connectivity index (χ1n) is 16.6. The average molecular weight is 690 g/mol. The summed E-state index contributed by atoms with van der Waals surface area (Å²) >= 11 is 0. The predicted molar refractivity (Wildman–Crippen MR) is 191 cm³/mol. The van der Waals surface area contributed by atoms with E-state index in [0.29, 0.717) is 6.42 Å². The fourth-order valence-electron chi connectivity index (χ4n) is 5.65. The van der Waals surface area contributed by atoms with Crippen LogP contribution < -0.4 is 21.3 Å². The maximum absolute atomic E-state index is 13.7. The predicted octanol–water partition coefficient (Wildman–Crippen LogP) is 4.71. The number of aromatic nitrogens is 1. The van der Waals surface area contributed by atoms with Crippen LogP contribution in [-0.2, 0) is 27.2 Å². The maximum Gasteiger partial charge on any atom is 0.407 e. The highest BCUT2D eigenvalue weighted by molar-refractivity contribution is 5.87. The molecule has 50 heavy (non-hydrogen) atoms. The summed E-state index contributed by atoms with van der Waals surface area (Å²) < 4.78 is 4.76. The summed E-state index contributed by atoms with van der Waals surface area (Å²) in [6.45, 7) is 10.7. The Bertz CT molecular complexity index is 1550. The lowest BCUT2D eigenvalue weighted by molar-refractivity contribution is -0.128. The number of carboxylic acid groups (broad SMARTS) is 1. The van der Waals surface area contributed by atoms with Gasteiger partial charge in [0.15, 0.2) is 0 Å². The van der Waals surface area contributed by atoms with Crippen LogP contribution in [-0.4, -0.2) is 76.6 Å². The van der Waals surface area contributed by atoms with Gasteiger partial charge in [-0.1, -0.05) is 102 Å². The quantitative estimate of drug-likeness (QED) is 0.141. The molecule has 0 aliphatic carbocycles. The summed E-state index contributed by atoms with van der Waals surface area (Å²) in [5, 5.41) is 32.2. The molecule has 0 saturated carbocycles. The number of ether oxygens (including phenoxy) is 1. The number of carbonyl (C=O) groups excluding carboxylic acids is 3. The topological polar surface area (TPSA) is 179 Å². The van der Waals surface area contributed by atoms with E-state index in [2.05, 4.69) is 26.3 Å². The number of hydrogen-bond acceptors (Lipinski definition) is 7. The van der Waals surface area contributed by atoms with Gasteiger partial charge in [-0.05, 0) is 58.4 Å². The Morgan fingerprint density at radius 1 is 0.720 bits per heavy atom. The molecule has 0 aliphatic heterocycles. The van der Waals surface area contributed by atoms with Crippen LogP contribution in [0.4, 0.5) is 9.59 Å². The fourth-order valence-corrected chi connectivity index (χ4v) is 5.65. The molecule has 0 aliphatic rings. The standard InChI is InChI=1S/C38H51N5O7/c1-37(2,3)31(42-35(47)48)34(46)41-29(21-25-15-17-26(18-16-25)27-14-11-19-39-23-27)30(44)22-28(20-24-12-9-8-10-13-24)40-33(45)32(38(4,5)6)43-36(49)50-7/h8-19,23,28-32,42,44H,20-22H2,1-7H3,(H,40,45)(H,41,46)(H,43,49)(H,47,48)/t28-,29-,30-,31+,32+/m0/s1. The monoisotopic (exact) mass is 689 g/mol. The minimum atomic E-state index is -1.34. The second-order valence-electron chi connectivity index (χ2n) is 14.6. The molecule has 2 aromatic carbocycles. The fraction of sp³-hybridized carbons (Fsp3) is 0.447. The summed E-state index contributed by atoms with van der Waals surface area (Å²) in [4.78, 5) is 55.4. The first-order chi connectivity index (χ1) is 23.5. The number of nitrogens with zero attached hydrogens (tertiary/aromatic N) is 1. The number of pyridine rings is 1. The van der Waals surface area contributed by atoms with Gasteiger partial charge >= 0.3 is 12.2 Å². The van der Waals surface area contributed by atoms with Crippen molar-refractivity contribution in [2.24, 2.45) is 10.8 Å². The second-order valence-corrected chi connectivity index (χ2v) is 14.6. The normalized spacial score (nSPS) is 14.6. The van der Waals surface area contributed by atoms with E-state index in [9.17, 15) is 29.4 Å². The van der Waals surface area contributed by atoms with Crippen molar-refractivity contribution >= 4 is 24.0 Å². The van der Waals surface area contributed by atoms with Crippen molar-refractivity contribution < 1.29 is 34.1 Å². The molecule has 12 heteroatoms. The molecule has 270 valence electrons. The highest BCUT2D eigenvalue weighted by Gasteiger charge is 2.37. The molecule has 0 saturated heterocycles. The van der Waals surface area contributed by atoms with Crippen molar-refractivity contribution in [1.82, 2.24) is 26.3 Å². The molecule has 0 bridgehead atoms. The Balaban J connectivity index is 1.95. The number of nitrogens with one attached hydrogen (secondary N) is 4. The van der Waals surface area contributed by atoms with E-state index in [1.54, 1.807) is 33.2 Å². The number of carbonyl (C=O) groups is 4. The van der Waals surface area contributed by atoms with Crippen LogP contribution in [0.15, 0.2) is 79.1 Å². The van der Waals surface area contributed by atoms with Gasteiger partial charge in [-0.25, -0.2) is 9.59 Å². The van der Waals surface area contributed by atoms with Crippen molar-refractivity contribution in [3.63, 3.8) is 0 Å². The van der Waals surface area contributed by atoms with E-state index < -0.39 is 65.1 Å². The number of amides is 4. The minimum Gasteiger partial charge on any atom is -0.465 e. The number of benzene rings is 2. The molecule has 3 aromatic rings. The first kappa shape index (κ1) is 39.5. The van der Waals surface area contributed by atoms with Gasteiger partial charge in [-0.2, -0.15) is 0 Å².